The topological polar surface area (TPSA) is 72.9 Å². The van der Waals surface area contributed by atoms with E-state index in [-0.39, 0.29) is 18.4 Å². The SMILES string of the molecule is CCC[CH2][Sn]([CH2]CCC)([CH2]CCC)[CH2]C1(C)C(=O)N(C(=O)OC(C)(C)C)C/C1=C/c1ccc(C(=O)OC)cc1. The van der Waals surface area contributed by atoms with Crippen molar-refractivity contribution in [3.8, 4) is 0 Å². The van der Waals surface area contributed by atoms with E-state index in [0.717, 1.165) is 15.6 Å². The molecule has 0 aromatic heterocycles. The minimum absolute atomic E-state index is 0.125. The summed E-state index contributed by atoms with van der Waals surface area (Å²) in [7, 11) is 1.37. The Morgan fingerprint density at radius 1 is 0.974 bits per heavy atom. The number of methoxy groups -OCH3 is 1. The first-order valence-electron chi connectivity index (χ1n) is 14.8. The molecule has 2 rings (SSSR count). The molecule has 6 nitrogen and oxygen atoms in total. The zero-order chi connectivity index (χ0) is 29.3. The van der Waals surface area contributed by atoms with E-state index in [1.165, 1.54) is 63.8 Å². The normalized spacial score (nSPS) is 19.0. The minimum atomic E-state index is -2.80. The molecule has 1 aromatic rings. The van der Waals surface area contributed by atoms with Crippen molar-refractivity contribution >= 4 is 42.4 Å². The molecular weight excluding hydrogens is 597 g/mol. The second-order valence-corrected chi connectivity index (χ2v) is 26.3. The second-order valence-electron chi connectivity index (χ2n) is 12.5. The van der Waals surface area contributed by atoms with E-state index in [1.807, 2.05) is 32.9 Å². The number of carbonyl (C=O) groups is 3. The van der Waals surface area contributed by atoms with E-state index in [0.29, 0.717) is 5.56 Å². The van der Waals surface area contributed by atoms with Gasteiger partial charge in [0, 0.05) is 0 Å². The van der Waals surface area contributed by atoms with Crippen LogP contribution in [0.3, 0.4) is 0 Å². The monoisotopic (exact) mass is 649 g/mol. The van der Waals surface area contributed by atoms with Gasteiger partial charge in [0.05, 0.1) is 0 Å². The van der Waals surface area contributed by atoms with Gasteiger partial charge in [-0.3, -0.25) is 0 Å². The number of ether oxygens (including phenoxy) is 2. The number of unbranched alkanes of at least 4 members (excludes halogenated alkanes) is 3. The summed E-state index contributed by atoms with van der Waals surface area (Å²) >= 11 is -2.80. The fourth-order valence-corrected chi connectivity index (χ4v) is 24.3. The number of benzene rings is 1. The molecule has 1 heterocycles. The Kier molecular flexibility index (Phi) is 12.6. The molecule has 218 valence electrons. The van der Waals surface area contributed by atoms with E-state index in [1.54, 1.807) is 12.1 Å². The number of rotatable bonds is 13. The number of carbonyl (C=O) groups excluding carboxylic acids is 3. The van der Waals surface area contributed by atoms with Gasteiger partial charge < -0.3 is 0 Å². The molecule has 2 amide bonds. The number of amides is 2. The maximum atomic E-state index is 14.2. The Balaban J connectivity index is 2.59. The number of nitrogens with zero attached hydrogens (tertiary/aromatic N) is 1. The molecule has 7 heteroatoms. The standard InChI is InChI=1S/C20H24NO5.3C4H9.Sn/c1-19(2,3)26-18(24)21-12-15(20(4,5)17(21)23)11-13-7-9-14(10-8-13)16(22)25-6;3*1-3-4-2;/h7-11H,4,12H2,1-3,5-6H3;3*1,3-4H2,2H3;/b15-11-;;;;. The van der Waals surface area contributed by atoms with E-state index in [2.05, 4.69) is 33.8 Å². The molecule has 1 saturated heterocycles. The number of esters is 1. The van der Waals surface area contributed by atoms with Gasteiger partial charge in [-0.15, -0.1) is 0 Å². The first kappa shape index (κ1) is 33.4. The van der Waals surface area contributed by atoms with Crippen molar-refractivity contribution in [2.45, 2.75) is 110 Å². The van der Waals surface area contributed by atoms with E-state index in [4.69, 9.17) is 9.47 Å². The zero-order valence-electron chi connectivity index (χ0n) is 25.7. The molecular formula is C32H51NO5Sn. The van der Waals surface area contributed by atoms with Gasteiger partial charge in [-0.2, -0.15) is 0 Å². The Morgan fingerprint density at radius 2 is 1.49 bits per heavy atom. The average molecular weight is 648 g/mol. The van der Waals surface area contributed by atoms with Crippen LogP contribution in [0.4, 0.5) is 4.79 Å². The van der Waals surface area contributed by atoms with Crippen LogP contribution in [0.25, 0.3) is 6.08 Å². The molecule has 1 aromatic carbocycles. The van der Waals surface area contributed by atoms with Crippen molar-refractivity contribution in [1.29, 1.82) is 0 Å². The Bertz CT molecular complexity index is 989. The molecule has 0 radical (unpaired) electrons. The van der Waals surface area contributed by atoms with Crippen LogP contribution in [0.5, 0.6) is 0 Å². The molecule has 1 aliphatic rings. The van der Waals surface area contributed by atoms with E-state index < -0.39 is 35.5 Å². The molecule has 39 heavy (non-hydrogen) atoms. The van der Waals surface area contributed by atoms with Crippen molar-refractivity contribution in [1.82, 2.24) is 4.90 Å². The predicted octanol–water partition coefficient (Wildman–Crippen LogP) is 8.49. The quantitative estimate of drug-likeness (QED) is 0.159. The summed E-state index contributed by atoms with van der Waals surface area (Å²) in [4.78, 5) is 40.7. The number of imide groups is 1. The molecule has 0 aliphatic carbocycles. The van der Waals surface area contributed by atoms with Crippen LogP contribution in [-0.4, -0.2) is 60.5 Å². The predicted molar refractivity (Wildman–Crippen MR) is 162 cm³/mol. The molecule has 0 saturated carbocycles. The molecule has 0 N–H and O–H groups in total. The van der Waals surface area contributed by atoms with Crippen LogP contribution in [-0.2, 0) is 14.3 Å². The van der Waals surface area contributed by atoms with Crippen LogP contribution in [0.2, 0.25) is 17.7 Å². The van der Waals surface area contributed by atoms with Gasteiger partial charge in [-0.1, -0.05) is 0 Å². The van der Waals surface area contributed by atoms with Gasteiger partial charge >= 0.3 is 242 Å². The number of hydrogen-bond acceptors (Lipinski definition) is 5. The summed E-state index contributed by atoms with van der Waals surface area (Å²) < 4.78 is 15.3. The number of likely N-dealkylation sites (tertiary alicyclic amines) is 1. The third kappa shape index (κ3) is 9.09. The zero-order valence-corrected chi connectivity index (χ0v) is 28.5. The van der Waals surface area contributed by atoms with Gasteiger partial charge in [0.15, 0.2) is 0 Å². The van der Waals surface area contributed by atoms with Gasteiger partial charge in [0.2, 0.25) is 0 Å². The first-order valence-corrected chi connectivity index (χ1v) is 22.9. The van der Waals surface area contributed by atoms with Gasteiger partial charge in [-0.05, 0) is 0 Å². The summed E-state index contributed by atoms with van der Waals surface area (Å²) in [6.45, 7) is 14.6. The van der Waals surface area contributed by atoms with Crippen LogP contribution in [0, 0.1) is 5.41 Å². The van der Waals surface area contributed by atoms with E-state index >= 15 is 0 Å². The molecule has 1 unspecified atom stereocenters. The maximum absolute atomic E-state index is 14.2. The van der Waals surface area contributed by atoms with Crippen LogP contribution in [0.15, 0.2) is 29.8 Å². The third-order valence-corrected chi connectivity index (χ3v) is 24.2. The molecule has 1 fully saturated rings. The summed E-state index contributed by atoms with van der Waals surface area (Å²) in [6.07, 6.45) is 8.65. The van der Waals surface area contributed by atoms with Crippen molar-refractivity contribution < 1.29 is 23.9 Å². The van der Waals surface area contributed by atoms with E-state index in [9.17, 15) is 14.4 Å². The third-order valence-electron chi connectivity index (χ3n) is 7.95. The van der Waals surface area contributed by atoms with Crippen molar-refractivity contribution in [2.24, 2.45) is 5.41 Å². The van der Waals surface area contributed by atoms with Gasteiger partial charge in [0.25, 0.3) is 0 Å². The fraction of sp³-hybridized carbons (Fsp3) is 0.656. The summed E-state index contributed by atoms with van der Waals surface area (Å²) in [5, 5.41) is 0. The Morgan fingerprint density at radius 3 is 1.92 bits per heavy atom. The van der Waals surface area contributed by atoms with Crippen molar-refractivity contribution in [2.75, 3.05) is 13.7 Å². The summed E-state index contributed by atoms with van der Waals surface area (Å²) in [6, 6.07) is 7.24. The first-order chi connectivity index (χ1) is 18.3. The fourth-order valence-electron chi connectivity index (χ4n) is 5.79. The summed E-state index contributed by atoms with van der Waals surface area (Å²) in [5.74, 6) is -0.507. The van der Waals surface area contributed by atoms with Crippen molar-refractivity contribution in [3.05, 3.63) is 41.0 Å². The second kappa shape index (κ2) is 14.7. The van der Waals surface area contributed by atoms with Crippen LogP contribution in [0.1, 0.15) is 103 Å². The van der Waals surface area contributed by atoms with Gasteiger partial charge in [0.1, 0.15) is 0 Å². The molecule has 0 bridgehead atoms. The molecule has 1 aliphatic heterocycles. The summed E-state index contributed by atoms with van der Waals surface area (Å²) in [5.41, 5.74) is 0.933. The Hall–Kier alpha value is -1.83. The molecule has 1 atom stereocenters. The number of hydrogen-bond donors (Lipinski definition) is 0. The molecule has 0 spiro atoms. The van der Waals surface area contributed by atoms with Crippen LogP contribution >= 0.6 is 0 Å². The van der Waals surface area contributed by atoms with Crippen LogP contribution < -0.4 is 0 Å². The van der Waals surface area contributed by atoms with Gasteiger partial charge in [-0.25, -0.2) is 0 Å². The van der Waals surface area contributed by atoms with Crippen molar-refractivity contribution in [3.63, 3.8) is 0 Å². The average Bonchev–Trinajstić information content (AvgIpc) is 3.13. The Labute approximate surface area is 240 Å².